The van der Waals surface area contributed by atoms with Gasteiger partial charge in [-0.2, -0.15) is 0 Å². The largest absolute Gasteiger partial charge is 0.444 e. The van der Waals surface area contributed by atoms with Crippen molar-refractivity contribution in [2.75, 3.05) is 119 Å². The Hall–Kier alpha value is -2.31. The summed E-state index contributed by atoms with van der Waals surface area (Å²) < 4.78 is 50.0. The number of hydrogen-bond acceptors (Lipinski definition) is 13. The Labute approximate surface area is 319 Å². The molecule has 53 heavy (non-hydrogen) atoms. The summed E-state index contributed by atoms with van der Waals surface area (Å²) in [4.78, 5) is 38.7. The molecule has 0 aromatic rings. The van der Waals surface area contributed by atoms with E-state index in [0.717, 1.165) is 6.42 Å². The summed E-state index contributed by atoms with van der Waals surface area (Å²) in [6.45, 7) is 25.6. The zero-order valence-corrected chi connectivity index (χ0v) is 34.6. The highest BCUT2D eigenvalue weighted by molar-refractivity contribution is 5.82. The summed E-state index contributed by atoms with van der Waals surface area (Å²) in [5, 5.41) is 5.27. The molecule has 0 aliphatic heterocycles. The van der Waals surface area contributed by atoms with E-state index in [9.17, 15) is 14.4 Å². The molecule has 0 spiro atoms. The SMILES string of the molecule is CC(C)(C)OC(=O)NCCOCCOCCOCCN(CCOCCOCCOCCNC(=O)OC(C)(C)C)C(=O)C(C)(C)CCOC(C)(C)CCN. The molecule has 16 heteroatoms. The molecule has 4 N–H and O–H groups in total. The summed E-state index contributed by atoms with van der Waals surface area (Å²) in [6, 6.07) is 0. The Balaban J connectivity index is 4.45. The number of alkyl carbamates (subject to hydrolysis) is 2. The van der Waals surface area contributed by atoms with Gasteiger partial charge in [-0.25, -0.2) is 9.59 Å². The smallest absolute Gasteiger partial charge is 0.407 e. The maximum Gasteiger partial charge on any atom is 0.407 e. The Morgan fingerprint density at radius 1 is 0.509 bits per heavy atom. The van der Waals surface area contributed by atoms with Gasteiger partial charge in [0.1, 0.15) is 11.2 Å². The van der Waals surface area contributed by atoms with E-state index in [0.29, 0.717) is 125 Å². The molecule has 0 atom stereocenters. The fourth-order valence-corrected chi connectivity index (χ4v) is 4.36. The Bertz CT molecular complexity index is 918. The lowest BCUT2D eigenvalue weighted by Gasteiger charge is -2.33. The monoisotopic (exact) mass is 767 g/mol. The van der Waals surface area contributed by atoms with Crippen molar-refractivity contribution in [1.29, 1.82) is 0 Å². The maximum absolute atomic E-state index is 13.7. The molecular formula is C37H74N4O12. The maximum atomic E-state index is 13.7. The minimum Gasteiger partial charge on any atom is -0.444 e. The van der Waals surface area contributed by atoms with Crippen LogP contribution in [0.2, 0.25) is 0 Å². The average Bonchev–Trinajstić information content (AvgIpc) is 3.02. The molecule has 0 aromatic heterocycles. The number of carbonyl (C=O) groups excluding carboxylic acids is 3. The molecule has 0 rings (SSSR count). The number of nitrogens with one attached hydrogen (secondary N) is 2. The van der Waals surface area contributed by atoms with Crippen LogP contribution in [-0.2, 0) is 47.4 Å². The average molecular weight is 767 g/mol. The number of amides is 3. The van der Waals surface area contributed by atoms with Gasteiger partial charge >= 0.3 is 12.2 Å². The van der Waals surface area contributed by atoms with Gasteiger partial charge in [0.15, 0.2) is 0 Å². The van der Waals surface area contributed by atoms with Crippen molar-refractivity contribution < 1.29 is 57.0 Å². The zero-order valence-electron chi connectivity index (χ0n) is 34.6. The van der Waals surface area contributed by atoms with Gasteiger partial charge in [0.25, 0.3) is 0 Å². The first-order chi connectivity index (χ1) is 24.8. The Kier molecular flexibility index (Phi) is 26.9. The van der Waals surface area contributed by atoms with Gasteiger partial charge in [-0.05, 0) is 74.8 Å². The second kappa shape index (κ2) is 28.1. The summed E-state index contributed by atoms with van der Waals surface area (Å²) in [5.74, 6) is -0.00551. The molecule has 0 fully saturated rings. The third kappa shape index (κ3) is 31.7. The van der Waals surface area contributed by atoms with Crippen molar-refractivity contribution in [2.24, 2.45) is 11.1 Å². The van der Waals surface area contributed by atoms with E-state index in [2.05, 4.69) is 10.6 Å². The summed E-state index contributed by atoms with van der Waals surface area (Å²) in [6.07, 6.45) is 0.332. The first-order valence-electron chi connectivity index (χ1n) is 18.8. The standard InChI is InChI=1S/C37H74N4O12/c1-34(2,3)52-32(43)39-14-19-45-23-27-49-29-25-47-21-16-41(31(42)36(7,8)12-18-51-37(9,10)11-13-38)17-22-48-26-30-50-28-24-46-20-15-40-33(44)53-35(4,5)6/h11-30,38H2,1-10H3,(H,39,43)(H,40,44). The number of rotatable bonds is 31. The van der Waals surface area contributed by atoms with Crippen LogP contribution < -0.4 is 16.4 Å². The van der Waals surface area contributed by atoms with Gasteiger partial charge in [-0.15, -0.1) is 0 Å². The molecular weight excluding hydrogens is 692 g/mol. The van der Waals surface area contributed by atoms with E-state index in [1.807, 2.05) is 27.7 Å². The van der Waals surface area contributed by atoms with E-state index in [4.69, 9.17) is 48.4 Å². The molecule has 0 unspecified atom stereocenters. The number of hydrogen-bond donors (Lipinski definition) is 3. The zero-order chi connectivity index (χ0) is 40.2. The number of carbonyl (C=O) groups is 3. The second-order valence-corrected chi connectivity index (χ2v) is 15.6. The van der Waals surface area contributed by atoms with Crippen molar-refractivity contribution >= 4 is 18.1 Å². The third-order valence-corrected chi connectivity index (χ3v) is 7.16. The van der Waals surface area contributed by atoms with Crippen LogP contribution in [0.15, 0.2) is 0 Å². The highest BCUT2D eigenvalue weighted by atomic mass is 16.6. The van der Waals surface area contributed by atoms with E-state index >= 15 is 0 Å². The van der Waals surface area contributed by atoms with E-state index in [-0.39, 0.29) is 11.5 Å². The van der Waals surface area contributed by atoms with Gasteiger partial charge in [-0.1, -0.05) is 13.8 Å². The molecule has 16 nitrogen and oxygen atoms in total. The molecule has 0 aromatic carbocycles. The molecule has 0 aliphatic rings. The number of nitrogens with two attached hydrogens (primary N) is 1. The van der Waals surface area contributed by atoms with Crippen LogP contribution in [0.25, 0.3) is 0 Å². The predicted molar refractivity (Wildman–Crippen MR) is 202 cm³/mol. The van der Waals surface area contributed by atoms with Crippen LogP contribution in [0.5, 0.6) is 0 Å². The van der Waals surface area contributed by atoms with Crippen LogP contribution in [0.3, 0.4) is 0 Å². The molecule has 0 saturated heterocycles. The van der Waals surface area contributed by atoms with Gasteiger partial charge < -0.3 is 63.9 Å². The van der Waals surface area contributed by atoms with Crippen LogP contribution >= 0.6 is 0 Å². The van der Waals surface area contributed by atoms with Crippen molar-refractivity contribution in [3.8, 4) is 0 Å². The lowest BCUT2D eigenvalue weighted by Crippen LogP contribution is -2.45. The topological polar surface area (TPSA) is 188 Å². The molecule has 0 radical (unpaired) electrons. The van der Waals surface area contributed by atoms with Crippen LogP contribution in [0.1, 0.15) is 82.1 Å². The number of nitrogens with zero attached hydrogens (tertiary/aromatic N) is 1. The number of ether oxygens (including phenoxy) is 9. The Morgan fingerprint density at radius 3 is 1.23 bits per heavy atom. The van der Waals surface area contributed by atoms with E-state index in [1.54, 1.807) is 46.4 Å². The lowest BCUT2D eigenvalue weighted by atomic mass is 9.87. The second-order valence-electron chi connectivity index (χ2n) is 15.6. The van der Waals surface area contributed by atoms with Crippen molar-refractivity contribution in [3.05, 3.63) is 0 Å². The van der Waals surface area contributed by atoms with Crippen molar-refractivity contribution in [2.45, 2.75) is 98.9 Å². The normalized spacial score (nSPS) is 12.4. The van der Waals surface area contributed by atoms with Crippen molar-refractivity contribution in [3.63, 3.8) is 0 Å². The minimum absolute atomic E-state index is 0.00551. The van der Waals surface area contributed by atoms with E-state index in [1.165, 1.54) is 0 Å². The fourth-order valence-electron chi connectivity index (χ4n) is 4.36. The summed E-state index contributed by atoms with van der Waals surface area (Å²) >= 11 is 0. The van der Waals surface area contributed by atoms with E-state index < -0.39 is 28.8 Å². The quantitative estimate of drug-likeness (QED) is 0.0871. The molecule has 0 bridgehead atoms. The predicted octanol–water partition coefficient (Wildman–Crippen LogP) is 3.52. The molecule has 3 amide bonds. The summed E-state index contributed by atoms with van der Waals surface area (Å²) in [7, 11) is 0. The van der Waals surface area contributed by atoms with Gasteiger partial charge in [-0.3, -0.25) is 4.79 Å². The molecule has 0 saturated carbocycles. The van der Waals surface area contributed by atoms with Crippen molar-refractivity contribution in [1.82, 2.24) is 15.5 Å². The fraction of sp³-hybridized carbons (Fsp3) is 0.919. The first kappa shape index (κ1) is 50.7. The highest BCUT2D eigenvalue weighted by Crippen LogP contribution is 2.25. The van der Waals surface area contributed by atoms with Gasteiger partial charge in [0.2, 0.25) is 5.91 Å². The highest BCUT2D eigenvalue weighted by Gasteiger charge is 2.32. The van der Waals surface area contributed by atoms with Gasteiger partial charge in [0, 0.05) is 38.2 Å². The van der Waals surface area contributed by atoms with Crippen LogP contribution in [-0.4, -0.2) is 158 Å². The Morgan fingerprint density at radius 2 is 0.868 bits per heavy atom. The third-order valence-electron chi connectivity index (χ3n) is 7.16. The van der Waals surface area contributed by atoms with Crippen LogP contribution in [0.4, 0.5) is 9.59 Å². The lowest BCUT2D eigenvalue weighted by molar-refractivity contribution is -0.144. The molecule has 0 aliphatic carbocycles. The summed E-state index contributed by atoms with van der Waals surface area (Å²) in [5.41, 5.74) is 3.62. The van der Waals surface area contributed by atoms with Gasteiger partial charge in [0.05, 0.1) is 84.9 Å². The first-order valence-corrected chi connectivity index (χ1v) is 18.8. The molecule has 0 heterocycles. The minimum atomic E-state index is -0.657. The van der Waals surface area contributed by atoms with Crippen LogP contribution in [0, 0.1) is 5.41 Å². The molecule has 314 valence electrons.